The van der Waals surface area contributed by atoms with E-state index in [1.165, 1.54) is 0 Å². The minimum absolute atomic E-state index is 0.0950. The highest BCUT2D eigenvalue weighted by molar-refractivity contribution is 5.96. The van der Waals surface area contributed by atoms with E-state index in [0.717, 1.165) is 22.0 Å². The topological polar surface area (TPSA) is 98.5 Å². The SMILES string of the molecule is CC[C@@]1(O)C(=O)OCc2c1cc1n(c2=O)Cc2cc3ccc(CCC(=O)c4ccccc4)cc3nc2-1. The van der Waals surface area contributed by atoms with Crippen molar-refractivity contribution in [1.82, 2.24) is 9.55 Å². The van der Waals surface area contributed by atoms with Gasteiger partial charge in [-0.3, -0.25) is 9.59 Å². The molecule has 6 rings (SSSR count). The quantitative estimate of drug-likeness (QED) is 0.303. The summed E-state index contributed by atoms with van der Waals surface area (Å²) < 4.78 is 6.76. The molecule has 0 unspecified atom stereocenters. The molecule has 1 N–H and O–H groups in total. The van der Waals surface area contributed by atoms with Gasteiger partial charge in [0.05, 0.1) is 29.0 Å². The minimum Gasteiger partial charge on any atom is -0.458 e. The molecular weight excluding hydrogens is 456 g/mol. The predicted octanol–water partition coefficient (Wildman–Crippen LogP) is 3.90. The molecule has 7 heteroatoms. The molecule has 0 saturated heterocycles. The summed E-state index contributed by atoms with van der Waals surface area (Å²) in [5.74, 6) is -0.640. The van der Waals surface area contributed by atoms with Crippen molar-refractivity contribution in [3.8, 4) is 11.4 Å². The highest BCUT2D eigenvalue weighted by atomic mass is 16.6. The largest absolute Gasteiger partial charge is 0.458 e. The summed E-state index contributed by atoms with van der Waals surface area (Å²) in [4.78, 5) is 43.1. The van der Waals surface area contributed by atoms with Crippen molar-refractivity contribution in [2.24, 2.45) is 0 Å². The summed E-state index contributed by atoms with van der Waals surface area (Å²) in [6, 6.07) is 19.0. The zero-order valence-corrected chi connectivity index (χ0v) is 19.8. The number of rotatable bonds is 5. The van der Waals surface area contributed by atoms with Gasteiger partial charge in [0.25, 0.3) is 5.56 Å². The summed E-state index contributed by atoms with van der Waals surface area (Å²) in [7, 11) is 0. The van der Waals surface area contributed by atoms with E-state index < -0.39 is 11.6 Å². The third-order valence-corrected chi connectivity index (χ3v) is 7.31. The number of esters is 1. The highest BCUT2D eigenvalue weighted by Crippen LogP contribution is 2.38. The summed E-state index contributed by atoms with van der Waals surface area (Å²) in [6.45, 7) is 1.91. The van der Waals surface area contributed by atoms with Crippen molar-refractivity contribution in [3.63, 3.8) is 0 Å². The molecule has 0 spiro atoms. The maximum absolute atomic E-state index is 13.3. The Morgan fingerprint density at radius 3 is 2.69 bits per heavy atom. The first kappa shape index (κ1) is 22.4. The van der Waals surface area contributed by atoms with Crippen LogP contribution in [0.1, 0.15) is 52.4 Å². The lowest BCUT2D eigenvalue weighted by Gasteiger charge is -2.31. The van der Waals surface area contributed by atoms with E-state index in [4.69, 9.17) is 9.72 Å². The zero-order chi connectivity index (χ0) is 25.0. The van der Waals surface area contributed by atoms with Gasteiger partial charge in [0.15, 0.2) is 11.4 Å². The number of Topliss-reactive ketones (excluding diaryl/α,β-unsaturated/α-hetero) is 1. The van der Waals surface area contributed by atoms with Crippen LogP contribution in [0.25, 0.3) is 22.3 Å². The molecule has 0 fully saturated rings. The van der Waals surface area contributed by atoms with Crippen LogP contribution in [-0.4, -0.2) is 26.4 Å². The lowest BCUT2D eigenvalue weighted by Crippen LogP contribution is -2.44. The fraction of sp³-hybridized carbons (Fsp3) is 0.241. The van der Waals surface area contributed by atoms with Crippen LogP contribution in [0.5, 0.6) is 0 Å². The zero-order valence-electron chi connectivity index (χ0n) is 19.8. The van der Waals surface area contributed by atoms with Crippen molar-refractivity contribution in [3.05, 3.63) is 98.8 Å². The molecule has 36 heavy (non-hydrogen) atoms. The number of cyclic esters (lactones) is 1. The van der Waals surface area contributed by atoms with Crippen LogP contribution in [0.4, 0.5) is 0 Å². The second-order valence-electron chi connectivity index (χ2n) is 9.42. The van der Waals surface area contributed by atoms with Gasteiger partial charge in [-0.15, -0.1) is 0 Å². The Balaban J connectivity index is 1.37. The van der Waals surface area contributed by atoms with E-state index in [-0.39, 0.29) is 24.4 Å². The van der Waals surface area contributed by atoms with Crippen LogP contribution in [0.2, 0.25) is 0 Å². The molecule has 4 heterocycles. The second-order valence-corrected chi connectivity index (χ2v) is 9.42. The van der Waals surface area contributed by atoms with Crippen molar-refractivity contribution in [2.45, 2.75) is 44.9 Å². The van der Waals surface area contributed by atoms with Crippen LogP contribution in [0.15, 0.2) is 65.5 Å². The Kier molecular flexibility index (Phi) is 5.12. The Morgan fingerprint density at radius 1 is 1.11 bits per heavy atom. The number of aliphatic hydroxyl groups is 1. The number of pyridine rings is 2. The number of hydrogen-bond acceptors (Lipinski definition) is 6. The standard InChI is InChI=1S/C29H24N2O5/c1-2-29(35)22-14-24-26-20(15-31(24)27(33)21(22)16-36-28(29)34)13-19-10-8-17(12-23(19)30-26)9-11-25(32)18-6-4-3-5-7-18/h3-8,10,12-14,35H,2,9,11,15-16H2,1H3/t29-/m0/s1. The molecule has 0 amide bonds. The molecule has 0 bridgehead atoms. The fourth-order valence-corrected chi connectivity index (χ4v) is 5.20. The number of aromatic nitrogens is 2. The number of hydrogen-bond donors (Lipinski definition) is 1. The van der Waals surface area contributed by atoms with Crippen LogP contribution in [0, 0.1) is 0 Å². The maximum Gasteiger partial charge on any atom is 0.343 e. The monoisotopic (exact) mass is 480 g/mol. The van der Waals surface area contributed by atoms with Gasteiger partial charge in [-0.25, -0.2) is 9.78 Å². The smallest absolute Gasteiger partial charge is 0.343 e. The first-order chi connectivity index (χ1) is 17.4. The molecule has 1 atom stereocenters. The maximum atomic E-state index is 13.3. The van der Waals surface area contributed by atoms with Gasteiger partial charge in [0.2, 0.25) is 0 Å². The molecule has 0 aliphatic carbocycles. The van der Waals surface area contributed by atoms with E-state index >= 15 is 0 Å². The number of carbonyl (C=O) groups excluding carboxylic acids is 2. The molecule has 0 saturated carbocycles. The van der Waals surface area contributed by atoms with Crippen molar-refractivity contribution in [2.75, 3.05) is 0 Å². The second kappa shape index (κ2) is 8.24. The normalized spacial score (nSPS) is 17.9. The molecule has 2 aliphatic rings. The molecule has 180 valence electrons. The third-order valence-electron chi connectivity index (χ3n) is 7.31. The van der Waals surface area contributed by atoms with E-state index in [9.17, 15) is 19.5 Å². The number of fused-ring (bicyclic) bond motifs is 5. The van der Waals surface area contributed by atoms with Gasteiger partial charge in [-0.05, 0) is 36.6 Å². The van der Waals surface area contributed by atoms with Gasteiger partial charge in [0.1, 0.15) is 6.61 Å². The summed E-state index contributed by atoms with van der Waals surface area (Å²) in [5, 5.41) is 12.0. The van der Waals surface area contributed by atoms with Crippen LogP contribution >= 0.6 is 0 Å². The molecule has 2 aromatic heterocycles. The predicted molar refractivity (Wildman–Crippen MR) is 134 cm³/mol. The molecule has 4 aromatic rings. The van der Waals surface area contributed by atoms with E-state index in [1.54, 1.807) is 17.6 Å². The fourth-order valence-electron chi connectivity index (χ4n) is 5.20. The lowest BCUT2D eigenvalue weighted by molar-refractivity contribution is -0.172. The minimum atomic E-state index is -1.85. The van der Waals surface area contributed by atoms with Crippen LogP contribution in [0.3, 0.4) is 0 Å². The van der Waals surface area contributed by atoms with Crippen molar-refractivity contribution < 1.29 is 19.4 Å². The van der Waals surface area contributed by atoms with Gasteiger partial charge in [0, 0.05) is 28.5 Å². The first-order valence-corrected chi connectivity index (χ1v) is 12.1. The van der Waals surface area contributed by atoms with Gasteiger partial charge in [-0.1, -0.05) is 49.4 Å². The molecule has 2 aliphatic heterocycles. The molecule has 2 aromatic carbocycles. The lowest BCUT2D eigenvalue weighted by atomic mass is 9.86. The molecule has 7 nitrogen and oxygen atoms in total. The van der Waals surface area contributed by atoms with E-state index in [2.05, 4.69) is 0 Å². The Morgan fingerprint density at radius 2 is 1.92 bits per heavy atom. The summed E-state index contributed by atoms with van der Waals surface area (Å²) in [5.41, 5.74) is 3.12. The number of carbonyl (C=O) groups is 2. The first-order valence-electron chi connectivity index (χ1n) is 12.1. The van der Waals surface area contributed by atoms with E-state index in [1.807, 2.05) is 54.6 Å². The summed E-state index contributed by atoms with van der Waals surface area (Å²) >= 11 is 0. The molecule has 0 radical (unpaired) electrons. The number of ether oxygens (including phenoxy) is 1. The van der Waals surface area contributed by atoms with Crippen LogP contribution in [-0.2, 0) is 34.7 Å². The number of aryl methyl sites for hydroxylation is 1. The molecular formula is C29H24N2O5. The van der Waals surface area contributed by atoms with Crippen LogP contribution < -0.4 is 5.56 Å². The van der Waals surface area contributed by atoms with Gasteiger partial charge in [-0.2, -0.15) is 0 Å². The van der Waals surface area contributed by atoms with Crippen molar-refractivity contribution >= 4 is 22.7 Å². The van der Waals surface area contributed by atoms with Gasteiger partial charge < -0.3 is 14.4 Å². The van der Waals surface area contributed by atoms with E-state index in [0.29, 0.717) is 47.5 Å². The summed E-state index contributed by atoms with van der Waals surface area (Å²) in [6.07, 6.45) is 1.10. The van der Waals surface area contributed by atoms with Gasteiger partial charge >= 0.3 is 5.97 Å². The highest BCUT2D eigenvalue weighted by Gasteiger charge is 2.45. The number of benzene rings is 2. The average molecular weight is 481 g/mol. The number of ketones is 1. The average Bonchev–Trinajstić information content (AvgIpc) is 3.26. The Hall–Kier alpha value is -4.10. The number of nitrogens with zero attached hydrogens (tertiary/aromatic N) is 2. The Bertz CT molecular complexity index is 1620. The van der Waals surface area contributed by atoms with Crippen molar-refractivity contribution in [1.29, 1.82) is 0 Å². The Labute approximate surface area is 207 Å². The third kappa shape index (κ3) is 3.38.